The van der Waals surface area contributed by atoms with Gasteiger partial charge in [0.1, 0.15) is 17.4 Å². The van der Waals surface area contributed by atoms with Gasteiger partial charge in [0, 0.05) is 12.7 Å². The summed E-state index contributed by atoms with van der Waals surface area (Å²) in [5.74, 6) is 0.328. The predicted octanol–water partition coefficient (Wildman–Crippen LogP) is 3.49. The van der Waals surface area contributed by atoms with Crippen molar-refractivity contribution in [1.29, 1.82) is 5.26 Å². The normalized spacial score (nSPS) is 12.4. The van der Waals surface area contributed by atoms with Crippen LogP contribution in [0.15, 0.2) is 18.2 Å². The SMILES string of the molecule is CCOC(C)(C)C(=O)Nc1ccc(OC(C)CC)cc1C#N. The molecule has 0 aromatic heterocycles. The van der Waals surface area contributed by atoms with Gasteiger partial charge in [-0.1, -0.05) is 6.92 Å². The molecule has 0 aliphatic rings. The van der Waals surface area contributed by atoms with Gasteiger partial charge in [0.05, 0.1) is 17.4 Å². The largest absolute Gasteiger partial charge is 0.491 e. The number of anilines is 1. The summed E-state index contributed by atoms with van der Waals surface area (Å²) in [4.78, 5) is 12.2. The molecule has 0 saturated carbocycles. The van der Waals surface area contributed by atoms with E-state index in [-0.39, 0.29) is 12.0 Å². The van der Waals surface area contributed by atoms with E-state index in [1.807, 2.05) is 20.8 Å². The van der Waals surface area contributed by atoms with Crippen LogP contribution in [0.25, 0.3) is 0 Å². The maximum atomic E-state index is 12.2. The molecule has 1 unspecified atom stereocenters. The van der Waals surface area contributed by atoms with E-state index >= 15 is 0 Å². The number of ether oxygens (including phenoxy) is 2. The number of nitriles is 1. The maximum absolute atomic E-state index is 12.2. The van der Waals surface area contributed by atoms with Gasteiger partial charge in [-0.25, -0.2) is 0 Å². The molecule has 1 atom stereocenters. The first-order chi connectivity index (χ1) is 10.3. The molecule has 1 aromatic rings. The monoisotopic (exact) mass is 304 g/mol. The lowest BCUT2D eigenvalue weighted by atomic mass is 10.1. The molecular weight excluding hydrogens is 280 g/mol. The molecule has 0 radical (unpaired) electrons. The zero-order valence-corrected chi connectivity index (χ0v) is 13.9. The molecule has 1 amide bonds. The number of nitrogens with zero attached hydrogens (tertiary/aromatic N) is 1. The highest BCUT2D eigenvalue weighted by Crippen LogP contribution is 2.24. The fourth-order valence-corrected chi connectivity index (χ4v) is 1.81. The molecular formula is C17H24N2O3. The smallest absolute Gasteiger partial charge is 0.256 e. The van der Waals surface area contributed by atoms with E-state index < -0.39 is 5.60 Å². The molecule has 0 spiro atoms. The van der Waals surface area contributed by atoms with Gasteiger partial charge < -0.3 is 14.8 Å². The summed E-state index contributed by atoms with van der Waals surface area (Å²) in [6.45, 7) is 9.65. The highest BCUT2D eigenvalue weighted by Gasteiger charge is 2.28. The van der Waals surface area contributed by atoms with E-state index in [0.717, 1.165) is 6.42 Å². The first-order valence-corrected chi connectivity index (χ1v) is 7.50. The van der Waals surface area contributed by atoms with Gasteiger partial charge in [0.2, 0.25) is 0 Å². The van der Waals surface area contributed by atoms with E-state index in [1.54, 1.807) is 32.0 Å². The third-order valence-electron chi connectivity index (χ3n) is 3.32. The minimum Gasteiger partial charge on any atom is -0.491 e. The van der Waals surface area contributed by atoms with Crippen molar-refractivity contribution >= 4 is 11.6 Å². The number of hydrogen-bond acceptors (Lipinski definition) is 4. The van der Waals surface area contributed by atoms with E-state index in [9.17, 15) is 10.1 Å². The molecule has 22 heavy (non-hydrogen) atoms. The average Bonchev–Trinajstić information content (AvgIpc) is 2.48. The lowest BCUT2D eigenvalue weighted by Crippen LogP contribution is -2.40. The van der Waals surface area contributed by atoms with Crippen molar-refractivity contribution in [3.63, 3.8) is 0 Å². The van der Waals surface area contributed by atoms with Gasteiger partial charge in [-0.15, -0.1) is 0 Å². The summed E-state index contributed by atoms with van der Waals surface area (Å²) < 4.78 is 11.1. The molecule has 1 rings (SSSR count). The van der Waals surface area contributed by atoms with Gasteiger partial charge in [-0.3, -0.25) is 4.79 Å². The highest BCUT2D eigenvalue weighted by molar-refractivity contribution is 5.97. The van der Waals surface area contributed by atoms with Crippen LogP contribution in [-0.2, 0) is 9.53 Å². The molecule has 0 bridgehead atoms. The van der Waals surface area contributed by atoms with Crippen LogP contribution in [0.4, 0.5) is 5.69 Å². The quantitative estimate of drug-likeness (QED) is 0.837. The lowest BCUT2D eigenvalue weighted by Gasteiger charge is -2.23. The van der Waals surface area contributed by atoms with Crippen molar-refractivity contribution in [2.45, 2.75) is 52.7 Å². The van der Waals surface area contributed by atoms with Crippen molar-refractivity contribution in [1.82, 2.24) is 0 Å². The Morgan fingerprint density at radius 1 is 1.41 bits per heavy atom. The van der Waals surface area contributed by atoms with Crippen LogP contribution >= 0.6 is 0 Å². The van der Waals surface area contributed by atoms with Crippen molar-refractivity contribution in [2.24, 2.45) is 0 Å². The van der Waals surface area contributed by atoms with Gasteiger partial charge in [0.15, 0.2) is 0 Å². The fourth-order valence-electron chi connectivity index (χ4n) is 1.81. The number of benzene rings is 1. The molecule has 120 valence electrons. The number of amides is 1. The van der Waals surface area contributed by atoms with Crippen LogP contribution < -0.4 is 10.1 Å². The standard InChI is InChI=1S/C17H24N2O3/c1-6-12(3)22-14-8-9-15(13(10-14)11-18)19-16(20)17(4,5)21-7-2/h8-10,12H,6-7H2,1-5H3,(H,19,20). The predicted molar refractivity (Wildman–Crippen MR) is 85.9 cm³/mol. The lowest BCUT2D eigenvalue weighted by molar-refractivity contribution is -0.136. The summed E-state index contributed by atoms with van der Waals surface area (Å²) in [6.07, 6.45) is 0.951. The minimum atomic E-state index is -0.951. The minimum absolute atomic E-state index is 0.0730. The second-order valence-corrected chi connectivity index (χ2v) is 5.55. The third-order valence-corrected chi connectivity index (χ3v) is 3.32. The molecule has 0 heterocycles. The Labute approximate surface area is 132 Å². The molecule has 0 aliphatic heterocycles. The number of carbonyl (C=O) groups is 1. The van der Waals surface area contributed by atoms with Crippen molar-refractivity contribution in [3.05, 3.63) is 23.8 Å². The van der Waals surface area contributed by atoms with Gasteiger partial charge in [-0.2, -0.15) is 5.26 Å². The molecule has 5 heteroatoms. The van der Waals surface area contributed by atoms with E-state index in [1.165, 1.54) is 0 Å². The molecule has 1 N–H and O–H groups in total. The number of rotatable bonds is 7. The van der Waals surface area contributed by atoms with Gasteiger partial charge >= 0.3 is 0 Å². The van der Waals surface area contributed by atoms with E-state index in [0.29, 0.717) is 23.6 Å². The second-order valence-electron chi connectivity index (χ2n) is 5.55. The summed E-state index contributed by atoms with van der Waals surface area (Å²) in [5, 5.41) is 12.0. The topological polar surface area (TPSA) is 71.3 Å². The first-order valence-electron chi connectivity index (χ1n) is 7.50. The van der Waals surface area contributed by atoms with Crippen molar-refractivity contribution in [2.75, 3.05) is 11.9 Å². The first kappa shape index (κ1) is 18.0. The maximum Gasteiger partial charge on any atom is 0.256 e. The molecule has 5 nitrogen and oxygen atoms in total. The highest BCUT2D eigenvalue weighted by atomic mass is 16.5. The Balaban J connectivity index is 2.92. The summed E-state index contributed by atoms with van der Waals surface area (Å²) in [6, 6.07) is 7.14. The van der Waals surface area contributed by atoms with E-state index in [2.05, 4.69) is 11.4 Å². The Hall–Kier alpha value is -2.06. The average molecular weight is 304 g/mol. The second kappa shape index (κ2) is 7.81. The Bertz CT molecular complexity index is 562. The van der Waals surface area contributed by atoms with Crippen LogP contribution in [0.3, 0.4) is 0 Å². The molecule has 1 aromatic carbocycles. The van der Waals surface area contributed by atoms with Crippen LogP contribution in [0, 0.1) is 11.3 Å². The Morgan fingerprint density at radius 2 is 2.09 bits per heavy atom. The van der Waals surface area contributed by atoms with Gasteiger partial charge in [-0.05, 0) is 46.2 Å². The summed E-state index contributed by atoms with van der Waals surface area (Å²) >= 11 is 0. The molecule has 0 aliphatic carbocycles. The summed E-state index contributed by atoms with van der Waals surface area (Å²) in [7, 11) is 0. The van der Waals surface area contributed by atoms with Crippen LogP contribution in [-0.4, -0.2) is 24.2 Å². The van der Waals surface area contributed by atoms with Crippen molar-refractivity contribution in [3.8, 4) is 11.8 Å². The molecule has 0 fully saturated rings. The Kier molecular flexibility index (Phi) is 6.39. The fraction of sp³-hybridized carbons (Fsp3) is 0.529. The molecule has 0 saturated heterocycles. The number of nitrogens with one attached hydrogen (secondary N) is 1. The third kappa shape index (κ3) is 4.74. The van der Waals surface area contributed by atoms with Crippen molar-refractivity contribution < 1.29 is 14.3 Å². The Morgan fingerprint density at radius 3 is 2.64 bits per heavy atom. The zero-order chi connectivity index (χ0) is 16.8. The van der Waals surface area contributed by atoms with Gasteiger partial charge in [0.25, 0.3) is 5.91 Å². The van der Waals surface area contributed by atoms with Crippen LogP contribution in [0.2, 0.25) is 0 Å². The van der Waals surface area contributed by atoms with Crippen LogP contribution in [0.1, 0.15) is 46.6 Å². The van der Waals surface area contributed by atoms with E-state index in [4.69, 9.17) is 9.47 Å². The van der Waals surface area contributed by atoms with Crippen LogP contribution in [0.5, 0.6) is 5.75 Å². The number of carbonyl (C=O) groups excluding carboxylic acids is 1. The zero-order valence-electron chi connectivity index (χ0n) is 13.9. The number of hydrogen-bond donors (Lipinski definition) is 1. The summed E-state index contributed by atoms with van der Waals surface area (Å²) in [5.41, 5.74) is -0.133.